The SMILES string of the molecule is Cc1cccc(SCCNC(=O)c2ccccc2Cl)c1. The van der Waals surface area contributed by atoms with Crippen LogP contribution in [-0.4, -0.2) is 18.2 Å². The zero-order valence-electron chi connectivity index (χ0n) is 11.2. The topological polar surface area (TPSA) is 29.1 Å². The van der Waals surface area contributed by atoms with Gasteiger partial charge in [-0.15, -0.1) is 11.8 Å². The number of thioether (sulfide) groups is 1. The van der Waals surface area contributed by atoms with E-state index in [9.17, 15) is 4.79 Å². The van der Waals surface area contributed by atoms with Crippen LogP contribution in [0.3, 0.4) is 0 Å². The number of carbonyl (C=O) groups is 1. The van der Waals surface area contributed by atoms with E-state index < -0.39 is 0 Å². The van der Waals surface area contributed by atoms with Crippen LogP contribution < -0.4 is 5.32 Å². The fraction of sp³-hybridized carbons (Fsp3) is 0.188. The van der Waals surface area contributed by atoms with Crippen LogP contribution in [0.2, 0.25) is 5.02 Å². The molecule has 2 rings (SSSR count). The number of hydrogen-bond donors (Lipinski definition) is 1. The highest BCUT2D eigenvalue weighted by Gasteiger charge is 2.08. The van der Waals surface area contributed by atoms with Crippen molar-refractivity contribution in [3.05, 3.63) is 64.7 Å². The molecule has 0 aromatic heterocycles. The van der Waals surface area contributed by atoms with Crippen LogP contribution in [-0.2, 0) is 0 Å². The molecule has 2 aromatic rings. The molecule has 0 aliphatic heterocycles. The highest BCUT2D eigenvalue weighted by atomic mass is 35.5. The first-order valence-electron chi connectivity index (χ1n) is 6.39. The Kier molecular flexibility index (Phi) is 5.50. The molecule has 2 nitrogen and oxygen atoms in total. The molecule has 20 heavy (non-hydrogen) atoms. The van der Waals surface area contributed by atoms with Gasteiger partial charge in [-0.05, 0) is 31.2 Å². The van der Waals surface area contributed by atoms with Crippen molar-refractivity contribution in [3.8, 4) is 0 Å². The maximum Gasteiger partial charge on any atom is 0.252 e. The summed E-state index contributed by atoms with van der Waals surface area (Å²) >= 11 is 7.71. The molecule has 0 unspecified atom stereocenters. The van der Waals surface area contributed by atoms with E-state index in [2.05, 4.69) is 30.4 Å². The van der Waals surface area contributed by atoms with Crippen LogP contribution in [0.4, 0.5) is 0 Å². The third-order valence-electron chi connectivity index (χ3n) is 2.76. The highest BCUT2D eigenvalue weighted by Crippen LogP contribution is 2.18. The lowest BCUT2D eigenvalue weighted by molar-refractivity contribution is 0.0956. The zero-order chi connectivity index (χ0) is 14.4. The number of halogens is 1. The predicted molar refractivity (Wildman–Crippen MR) is 85.7 cm³/mol. The minimum absolute atomic E-state index is 0.125. The first-order valence-corrected chi connectivity index (χ1v) is 7.75. The van der Waals surface area contributed by atoms with Crippen LogP contribution in [0.15, 0.2) is 53.4 Å². The number of carbonyl (C=O) groups excluding carboxylic acids is 1. The Bertz CT molecular complexity index is 601. The molecule has 0 heterocycles. The number of benzene rings is 2. The molecule has 104 valence electrons. The predicted octanol–water partition coefficient (Wildman–Crippen LogP) is 4.17. The van der Waals surface area contributed by atoms with E-state index in [0.717, 1.165) is 5.75 Å². The van der Waals surface area contributed by atoms with Gasteiger partial charge >= 0.3 is 0 Å². The first kappa shape index (κ1) is 14.9. The van der Waals surface area contributed by atoms with Crippen LogP contribution in [0.1, 0.15) is 15.9 Å². The van der Waals surface area contributed by atoms with E-state index in [0.29, 0.717) is 17.1 Å². The second-order valence-electron chi connectivity index (χ2n) is 4.40. The van der Waals surface area contributed by atoms with Crippen molar-refractivity contribution >= 4 is 29.3 Å². The minimum atomic E-state index is -0.125. The average Bonchev–Trinajstić information content (AvgIpc) is 2.44. The van der Waals surface area contributed by atoms with Crippen molar-refractivity contribution in [1.29, 1.82) is 0 Å². The van der Waals surface area contributed by atoms with Crippen LogP contribution >= 0.6 is 23.4 Å². The van der Waals surface area contributed by atoms with Crippen molar-refractivity contribution in [1.82, 2.24) is 5.32 Å². The van der Waals surface area contributed by atoms with Crippen molar-refractivity contribution in [2.24, 2.45) is 0 Å². The summed E-state index contributed by atoms with van der Waals surface area (Å²) in [7, 11) is 0. The van der Waals surface area contributed by atoms with E-state index in [1.807, 2.05) is 18.2 Å². The van der Waals surface area contributed by atoms with E-state index in [4.69, 9.17) is 11.6 Å². The van der Waals surface area contributed by atoms with Gasteiger partial charge in [0.15, 0.2) is 0 Å². The van der Waals surface area contributed by atoms with Crippen LogP contribution in [0.5, 0.6) is 0 Å². The molecule has 0 aliphatic carbocycles. The fourth-order valence-corrected chi connectivity index (χ4v) is 2.88. The zero-order valence-corrected chi connectivity index (χ0v) is 12.8. The third-order valence-corrected chi connectivity index (χ3v) is 4.09. The molecular formula is C16H16ClNOS. The molecule has 0 saturated heterocycles. The second-order valence-corrected chi connectivity index (χ2v) is 5.98. The van der Waals surface area contributed by atoms with Gasteiger partial charge in [-0.1, -0.05) is 41.4 Å². The largest absolute Gasteiger partial charge is 0.351 e. The minimum Gasteiger partial charge on any atom is -0.351 e. The average molecular weight is 306 g/mol. The molecule has 0 fully saturated rings. The Morgan fingerprint density at radius 1 is 1.20 bits per heavy atom. The van der Waals surface area contributed by atoms with E-state index in [-0.39, 0.29) is 5.91 Å². The van der Waals surface area contributed by atoms with Gasteiger partial charge in [0.25, 0.3) is 5.91 Å². The first-order chi connectivity index (χ1) is 9.66. The Morgan fingerprint density at radius 3 is 2.75 bits per heavy atom. The molecule has 2 aromatic carbocycles. The lowest BCUT2D eigenvalue weighted by atomic mass is 10.2. The Hall–Kier alpha value is -1.45. The third kappa shape index (κ3) is 4.29. The summed E-state index contributed by atoms with van der Waals surface area (Å²) in [6.07, 6.45) is 0. The molecule has 1 N–H and O–H groups in total. The van der Waals surface area contributed by atoms with Crippen LogP contribution in [0, 0.1) is 6.92 Å². The van der Waals surface area contributed by atoms with Gasteiger partial charge in [-0.2, -0.15) is 0 Å². The summed E-state index contributed by atoms with van der Waals surface area (Å²) < 4.78 is 0. The molecule has 1 amide bonds. The number of aryl methyl sites for hydroxylation is 1. The molecule has 0 atom stereocenters. The maximum atomic E-state index is 11.9. The monoisotopic (exact) mass is 305 g/mol. The maximum absolute atomic E-state index is 11.9. The molecule has 4 heteroatoms. The second kappa shape index (κ2) is 7.36. The van der Waals surface area contributed by atoms with E-state index >= 15 is 0 Å². The van der Waals surface area contributed by atoms with Crippen molar-refractivity contribution in [2.45, 2.75) is 11.8 Å². The van der Waals surface area contributed by atoms with E-state index in [1.54, 1.807) is 23.9 Å². The Labute approximate surface area is 128 Å². The number of nitrogens with one attached hydrogen (secondary N) is 1. The molecule has 0 saturated carbocycles. The van der Waals surface area contributed by atoms with Crippen molar-refractivity contribution in [2.75, 3.05) is 12.3 Å². The lowest BCUT2D eigenvalue weighted by Crippen LogP contribution is -2.25. The molecule has 0 radical (unpaired) electrons. The number of hydrogen-bond acceptors (Lipinski definition) is 2. The van der Waals surface area contributed by atoms with Gasteiger partial charge in [-0.25, -0.2) is 0 Å². The van der Waals surface area contributed by atoms with Crippen molar-refractivity contribution < 1.29 is 4.79 Å². The number of rotatable bonds is 5. The summed E-state index contributed by atoms with van der Waals surface area (Å²) in [5, 5.41) is 3.36. The molecular weight excluding hydrogens is 290 g/mol. The molecule has 0 spiro atoms. The lowest BCUT2D eigenvalue weighted by Gasteiger charge is -2.07. The summed E-state index contributed by atoms with van der Waals surface area (Å²) in [5.74, 6) is 0.708. The van der Waals surface area contributed by atoms with Gasteiger partial charge in [0.05, 0.1) is 10.6 Å². The summed E-state index contributed by atoms with van der Waals surface area (Å²) in [6.45, 7) is 2.69. The number of amides is 1. The van der Waals surface area contributed by atoms with Gasteiger partial charge in [0.2, 0.25) is 0 Å². The van der Waals surface area contributed by atoms with Gasteiger partial charge in [0.1, 0.15) is 0 Å². The molecule has 0 bridgehead atoms. The van der Waals surface area contributed by atoms with Gasteiger partial charge in [0, 0.05) is 17.2 Å². The fourth-order valence-electron chi connectivity index (χ4n) is 1.78. The molecule has 0 aliphatic rings. The Balaban J connectivity index is 1.79. The standard InChI is InChI=1S/C16H16ClNOS/c1-12-5-4-6-13(11-12)20-10-9-18-16(19)14-7-2-3-8-15(14)17/h2-8,11H,9-10H2,1H3,(H,18,19). The quantitative estimate of drug-likeness (QED) is 0.663. The highest BCUT2D eigenvalue weighted by molar-refractivity contribution is 7.99. The van der Waals surface area contributed by atoms with E-state index in [1.165, 1.54) is 10.5 Å². The summed E-state index contributed by atoms with van der Waals surface area (Å²) in [5.41, 5.74) is 1.77. The Morgan fingerprint density at radius 2 is 2.00 bits per heavy atom. The smallest absolute Gasteiger partial charge is 0.252 e. The normalized spacial score (nSPS) is 10.3. The summed E-state index contributed by atoms with van der Waals surface area (Å²) in [6, 6.07) is 15.4. The summed E-state index contributed by atoms with van der Waals surface area (Å²) in [4.78, 5) is 13.1. The van der Waals surface area contributed by atoms with Gasteiger partial charge < -0.3 is 5.32 Å². The van der Waals surface area contributed by atoms with Crippen molar-refractivity contribution in [3.63, 3.8) is 0 Å². The van der Waals surface area contributed by atoms with Gasteiger partial charge in [-0.3, -0.25) is 4.79 Å². The van der Waals surface area contributed by atoms with Crippen LogP contribution in [0.25, 0.3) is 0 Å².